The summed E-state index contributed by atoms with van der Waals surface area (Å²) in [6.45, 7) is 3.16. The molecule has 1 amide bonds. The summed E-state index contributed by atoms with van der Waals surface area (Å²) in [5.41, 5.74) is 1.87. The van der Waals surface area contributed by atoms with Crippen LogP contribution in [0.5, 0.6) is 0 Å². The lowest BCUT2D eigenvalue weighted by atomic mass is 9.92. The number of aromatic amines is 1. The minimum atomic E-state index is 0.0293. The highest BCUT2D eigenvalue weighted by Crippen LogP contribution is 2.29. The first-order valence-electron chi connectivity index (χ1n) is 11.3. The van der Waals surface area contributed by atoms with Gasteiger partial charge in [0.05, 0.1) is 12.1 Å². The van der Waals surface area contributed by atoms with Crippen LogP contribution in [0.4, 0.5) is 0 Å². The van der Waals surface area contributed by atoms with Gasteiger partial charge in [-0.05, 0) is 37.1 Å². The lowest BCUT2D eigenvalue weighted by Gasteiger charge is -2.37. The van der Waals surface area contributed by atoms with Gasteiger partial charge in [0.15, 0.2) is 0 Å². The van der Waals surface area contributed by atoms with Gasteiger partial charge in [0.2, 0.25) is 5.91 Å². The second-order valence-corrected chi connectivity index (χ2v) is 10.0. The highest BCUT2D eigenvalue weighted by atomic mass is 32.1. The Bertz CT molecular complexity index is 949. The Morgan fingerprint density at radius 1 is 1.20 bits per heavy atom. The third-order valence-electron chi connectivity index (χ3n) is 7.05. The molecule has 4 heterocycles. The highest BCUT2D eigenvalue weighted by Gasteiger charge is 2.32. The molecule has 30 heavy (non-hydrogen) atoms. The molecule has 160 valence electrons. The number of rotatable bonds is 4. The molecule has 2 fully saturated rings. The van der Waals surface area contributed by atoms with Gasteiger partial charge in [0.1, 0.15) is 5.82 Å². The molecular weight excluding hydrogens is 396 g/mol. The Morgan fingerprint density at radius 3 is 2.87 bits per heavy atom. The zero-order chi connectivity index (χ0) is 20.5. The maximum absolute atomic E-state index is 12.8. The second-order valence-electron chi connectivity index (χ2n) is 8.97. The van der Waals surface area contributed by atoms with E-state index in [1.807, 2.05) is 22.4 Å². The van der Waals surface area contributed by atoms with Gasteiger partial charge in [0.25, 0.3) is 5.56 Å². The Balaban J connectivity index is 1.28. The summed E-state index contributed by atoms with van der Waals surface area (Å²) >= 11 is 1.62. The van der Waals surface area contributed by atoms with Crippen LogP contribution in [-0.4, -0.2) is 51.4 Å². The quantitative estimate of drug-likeness (QED) is 0.816. The second kappa shape index (κ2) is 8.63. The minimum Gasteiger partial charge on any atom is -0.342 e. The van der Waals surface area contributed by atoms with E-state index in [1.165, 1.54) is 32.1 Å². The molecule has 2 aromatic heterocycles. The van der Waals surface area contributed by atoms with Crippen LogP contribution in [0.25, 0.3) is 0 Å². The first-order chi connectivity index (χ1) is 14.7. The number of hydrogen-bond donors (Lipinski definition) is 1. The number of carbonyl (C=O) groups is 1. The third-order valence-corrected chi connectivity index (χ3v) is 7.92. The molecule has 1 aliphatic carbocycles. The zero-order valence-corrected chi connectivity index (χ0v) is 18.3. The first kappa shape index (κ1) is 19.9. The molecule has 1 N–H and O–H groups in total. The van der Waals surface area contributed by atoms with Crippen LogP contribution in [0.3, 0.4) is 0 Å². The number of nitrogens with one attached hydrogen (secondary N) is 1. The molecule has 1 atom stereocenters. The van der Waals surface area contributed by atoms with Crippen molar-refractivity contribution >= 4 is 17.2 Å². The topological polar surface area (TPSA) is 69.3 Å². The van der Waals surface area contributed by atoms with Gasteiger partial charge in [-0.2, -0.15) is 0 Å². The van der Waals surface area contributed by atoms with Gasteiger partial charge < -0.3 is 9.88 Å². The number of amides is 1. The number of likely N-dealkylation sites (tertiary alicyclic amines) is 1. The van der Waals surface area contributed by atoms with E-state index in [0.717, 1.165) is 54.4 Å². The third kappa shape index (κ3) is 4.10. The number of fused-ring (bicyclic) bond motifs is 1. The largest absolute Gasteiger partial charge is 0.342 e. The molecule has 5 rings (SSSR count). The van der Waals surface area contributed by atoms with E-state index in [0.29, 0.717) is 19.0 Å². The number of carbonyl (C=O) groups excluding carboxylic acids is 1. The molecular formula is C23H30N4O2S. The van der Waals surface area contributed by atoms with E-state index in [2.05, 4.69) is 9.88 Å². The standard InChI is InChI=1S/C23H30N4O2S/c28-21(13-18-7-4-12-30-18)27-10-8-16(14-27)22-24-20-15-26(17-5-2-1-3-6-17)11-9-19(20)23(29)25-22/h4,7,12,16-17H,1-3,5-6,8-11,13-15H2,(H,24,25,29)/t16-/m1/s1. The summed E-state index contributed by atoms with van der Waals surface area (Å²) in [5, 5.41) is 2.01. The van der Waals surface area contributed by atoms with Crippen LogP contribution in [0.2, 0.25) is 0 Å². The molecule has 3 aliphatic rings. The molecule has 1 saturated heterocycles. The van der Waals surface area contributed by atoms with Crippen molar-refractivity contribution in [2.75, 3.05) is 19.6 Å². The fourth-order valence-corrected chi connectivity index (χ4v) is 6.01. The summed E-state index contributed by atoms with van der Waals surface area (Å²) in [4.78, 5) is 39.0. The van der Waals surface area contributed by atoms with Gasteiger partial charge in [0, 0.05) is 48.6 Å². The predicted octanol–water partition coefficient (Wildman–Crippen LogP) is 3.08. The van der Waals surface area contributed by atoms with E-state index in [-0.39, 0.29) is 17.4 Å². The number of hydrogen-bond acceptors (Lipinski definition) is 5. The summed E-state index contributed by atoms with van der Waals surface area (Å²) in [6.07, 6.45) is 8.67. The van der Waals surface area contributed by atoms with Crippen LogP contribution < -0.4 is 5.56 Å². The Hall–Kier alpha value is -1.99. The first-order valence-corrected chi connectivity index (χ1v) is 12.2. The van der Waals surface area contributed by atoms with E-state index < -0.39 is 0 Å². The molecule has 7 heteroatoms. The van der Waals surface area contributed by atoms with Crippen molar-refractivity contribution in [1.29, 1.82) is 0 Å². The van der Waals surface area contributed by atoms with E-state index in [1.54, 1.807) is 11.3 Å². The van der Waals surface area contributed by atoms with Crippen LogP contribution >= 0.6 is 11.3 Å². The number of thiophene rings is 1. The SMILES string of the molecule is O=C(Cc1cccs1)N1CC[C@@H](c2nc3c(c(=O)[nH]2)CCN(C2CCCCC2)C3)C1. The maximum atomic E-state index is 12.8. The summed E-state index contributed by atoms with van der Waals surface area (Å²) in [6, 6.07) is 4.64. The molecule has 0 aromatic carbocycles. The van der Waals surface area contributed by atoms with Crippen molar-refractivity contribution < 1.29 is 4.79 Å². The van der Waals surface area contributed by atoms with Crippen LogP contribution in [0.15, 0.2) is 22.3 Å². The normalized spacial score (nSPS) is 22.9. The number of H-pyrrole nitrogens is 1. The fourth-order valence-electron chi connectivity index (χ4n) is 5.31. The summed E-state index contributed by atoms with van der Waals surface area (Å²) in [5.74, 6) is 1.07. The van der Waals surface area contributed by atoms with Crippen molar-refractivity contribution in [3.63, 3.8) is 0 Å². The van der Waals surface area contributed by atoms with Gasteiger partial charge in [-0.25, -0.2) is 4.98 Å². The molecule has 2 aliphatic heterocycles. The van der Waals surface area contributed by atoms with Crippen LogP contribution in [0.1, 0.15) is 66.4 Å². The Kier molecular flexibility index (Phi) is 5.74. The maximum Gasteiger partial charge on any atom is 0.254 e. The fraction of sp³-hybridized carbons (Fsp3) is 0.609. The van der Waals surface area contributed by atoms with E-state index >= 15 is 0 Å². The van der Waals surface area contributed by atoms with Crippen LogP contribution in [0, 0.1) is 0 Å². The van der Waals surface area contributed by atoms with Crippen LogP contribution in [-0.2, 0) is 24.2 Å². The van der Waals surface area contributed by atoms with Crippen molar-refractivity contribution in [3.05, 3.63) is 49.8 Å². The highest BCUT2D eigenvalue weighted by molar-refractivity contribution is 7.10. The van der Waals surface area contributed by atoms with Crippen molar-refractivity contribution in [3.8, 4) is 0 Å². The van der Waals surface area contributed by atoms with Gasteiger partial charge in [-0.15, -0.1) is 11.3 Å². The number of nitrogens with zero attached hydrogens (tertiary/aromatic N) is 3. The van der Waals surface area contributed by atoms with Gasteiger partial charge >= 0.3 is 0 Å². The van der Waals surface area contributed by atoms with E-state index in [4.69, 9.17) is 4.98 Å². The molecule has 0 unspecified atom stereocenters. The molecule has 0 spiro atoms. The molecule has 1 saturated carbocycles. The van der Waals surface area contributed by atoms with Gasteiger partial charge in [-0.3, -0.25) is 14.5 Å². The van der Waals surface area contributed by atoms with Crippen molar-refractivity contribution in [1.82, 2.24) is 19.8 Å². The van der Waals surface area contributed by atoms with E-state index in [9.17, 15) is 9.59 Å². The monoisotopic (exact) mass is 426 g/mol. The molecule has 6 nitrogen and oxygen atoms in total. The lowest BCUT2D eigenvalue weighted by Crippen LogP contribution is -2.42. The Labute approximate surface area is 181 Å². The predicted molar refractivity (Wildman–Crippen MR) is 118 cm³/mol. The average Bonchev–Trinajstić information content (AvgIpc) is 3.46. The molecule has 0 bridgehead atoms. The zero-order valence-electron chi connectivity index (χ0n) is 17.4. The molecule has 2 aromatic rings. The smallest absolute Gasteiger partial charge is 0.254 e. The number of aromatic nitrogens is 2. The van der Waals surface area contributed by atoms with Crippen molar-refractivity contribution in [2.24, 2.45) is 0 Å². The molecule has 0 radical (unpaired) electrons. The lowest BCUT2D eigenvalue weighted by molar-refractivity contribution is -0.129. The summed E-state index contributed by atoms with van der Waals surface area (Å²) in [7, 11) is 0. The average molecular weight is 427 g/mol. The Morgan fingerprint density at radius 2 is 2.07 bits per heavy atom. The summed E-state index contributed by atoms with van der Waals surface area (Å²) < 4.78 is 0. The van der Waals surface area contributed by atoms with Crippen molar-refractivity contribution in [2.45, 2.75) is 69.9 Å². The minimum absolute atomic E-state index is 0.0293. The van der Waals surface area contributed by atoms with Gasteiger partial charge in [-0.1, -0.05) is 25.3 Å².